The van der Waals surface area contributed by atoms with E-state index in [0.29, 0.717) is 10.8 Å². The van der Waals surface area contributed by atoms with E-state index in [1.165, 1.54) is 11.8 Å². The largest absolute Gasteiger partial charge is 0.370 e. The third-order valence-corrected chi connectivity index (χ3v) is 3.11. The van der Waals surface area contributed by atoms with Crippen molar-refractivity contribution in [3.63, 3.8) is 0 Å². The van der Waals surface area contributed by atoms with Crippen LogP contribution in [0.15, 0.2) is 4.99 Å². The molecule has 0 aliphatic heterocycles. The summed E-state index contributed by atoms with van der Waals surface area (Å²) < 4.78 is 1.69. The molecule has 6 nitrogen and oxygen atoms in total. The van der Waals surface area contributed by atoms with Crippen molar-refractivity contribution >= 4 is 34.5 Å². The van der Waals surface area contributed by atoms with Crippen LogP contribution in [0.25, 0.3) is 0 Å². The first-order valence-electron chi connectivity index (χ1n) is 4.40. The zero-order valence-electron chi connectivity index (χ0n) is 8.99. The topological polar surface area (TPSA) is 106 Å². The van der Waals surface area contributed by atoms with Gasteiger partial charge in [-0.15, -0.1) is 0 Å². The summed E-state index contributed by atoms with van der Waals surface area (Å²) in [5, 5.41) is 12.3. The van der Waals surface area contributed by atoms with E-state index in [4.69, 9.17) is 28.5 Å². The Labute approximate surface area is 103 Å². The summed E-state index contributed by atoms with van der Waals surface area (Å²) in [7, 11) is 1.80. The molecule has 1 heterocycles. The quantitative estimate of drug-likeness (QED) is 0.541. The Hall–Kier alpha value is -1.21. The molecule has 0 atom stereocenters. The molecular weight excluding hydrogens is 248 g/mol. The normalized spacial score (nSPS) is 10.2. The molecule has 0 saturated heterocycles. The van der Waals surface area contributed by atoms with Crippen LogP contribution in [0.1, 0.15) is 11.4 Å². The van der Waals surface area contributed by atoms with Gasteiger partial charge in [0.15, 0.2) is 11.1 Å². The Balaban J connectivity index is 2.68. The Morgan fingerprint density at radius 3 is 2.69 bits per heavy atom. The number of rotatable bonds is 2. The zero-order valence-corrected chi connectivity index (χ0v) is 10.6. The van der Waals surface area contributed by atoms with Crippen LogP contribution in [0.3, 0.4) is 0 Å². The minimum absolute atomic E-state index is 0.0509. The van der Waals surface area contributed by atoms with Crippen molar-refractivity contribution in [3.8, 4) is 0 Å². The van der Waals surface area contributed by atoms with E-state index in [0.717, 1.165) is 11.4 Å². The fourth-order valence-electron chi connectivity index (χ4n) is 1.12. The first-order valence-corrected chi connectivity index (χ1v) is 5.77. The van der Waals surface area contributed by atoms with Crippen molar-refractivity contribution in [2.24, 2.45) is 23.5 Å². The number of nitrogens with two attached hydrogens (primary N) is 2. The van der Waals surface area contributed by atoms with Crippen molar-refractivity contribution in [1.82, 2.24) is 9.78 Å². The highest BCUT2D eigenvalue weighted by Crippen LogP contribution is 2.24. The average Bonchev–Trinajstić information content (AvgIpc) is 2.38. The molecule has 0 aromatic carbocycles. The molecule has 1 rings (SSSR count). The van der Waals surface area contributed by atoms with E-state index in [1.54, 1.807) is 11.7 Å². The minimum atomic E-state index is -0.121. The SMILES string of the molecule is Cc1nn(C)c(CSC(=N)N=C(N)N)c1Cl. The van der Waals surface area contributed by atoms with Crippen molar-refractivity contribution in [2.45, 2.75) is 12.7 Å². The molecule has 0 spiro atoms. The number of nitrogens with zero attached hydrogens (tertiary/aromatic N) is 3. The van der Waals surface area contributed by atoms with Gasteiger partial charge < -0.3 is 11.5 Å². The number of nitrogens with one attached hydrogen (secondary N) is 1. The third-order valence-electron chi connectivity index (χ3n) is 1.84. The first-order chi connectivity index (χ1) is 7.41. The molecule has 0 aliphatic carbocycles. The molecule has 5 N–H and O–H groups in total. The number of hydrogen-bond donors (Lipinski definition) is 3. The molecule has 0 unspecified atom stereocenters. The second kappa shape index (κ2) is 5.22. The summed E-state index contributed by atoms with van der Waals surface area (Å²) in [5.74, 6) is 0.385. The number of amidine groups is 1. The van der Waals surface area contributed by atoms with Gasteiger partial charge in [0, 0.05) is 12.8 Å². The Morgan fingerprint density at radius 2 is 2.25 bits per heavy atom. The van der Waals surface area contributed by atoms with E-state index in [9.17, 15) is 0 Å². The van der Waals surface area contributed by atoms with Gasteiger partial charge in [0.2, 0.25) is 0 Å². The molecule has 88 valence electrons. The van der Waals surface area contributed by atoms with E-state index >= 15 is 0 Å². The van der Waals surface area contributed by atoms with Gasteiger partial charge >= 0.3 is 0 Å². The molecule has 0 saturated carbocycles. The highest BCUT2D eigenvalue weighted by Gasteiger charge is 2.11. The maximum Gasteiger partial charge on any atom is 0.193 e. The number of hydrogen-bond acceptors (Lipinski definition) is 3. The van der Waals surface area contributed by atoms with Gasteiger partial charge in [-0.2, -0.15) is 10.1 Å². The van der Waals surface area contributed by atoms with Crippen LogP contribution in [-0.4, -0.2) is 20.9 Å². The van der Waals surface area contributed by atoms with Gasteiger partial charge in [0.1, 0.15) is 0 Å². The molecule has 1 aromatic rings. The van der Waals surface area contributed by atoms with Crippen molar-refractivity contribution in [3.05, 3.63) is 16.4 Å². The van der Waals surface area contributed by atoms with Crippen LogP contribution < -0.4 is 11.5 Å². The maximum absolute atomic E-state index is 7.46. The van der Waals surface area contributed by atoms with E-state index in [2.05, 4.69) is 10.1 Å². The lowest BCUT2D eigenvalue weighted by atomic mass is 10.4. The standard InChI is InChI=1S/C8H13ClN6S/c1-4-6(9)5(15(2)14-4)3-16-8(12)13-7(10)11/h3H2,1-2H3,(H5,10,11,12,13). The summed E-state index contributed by atoms with van der Waals surface area (Å²) in [4.78, 5) is 3.60. The molecular formula is C8H13ClN6S. The molecule has 0 aliphatic rings. The highest BCUT2D eigenvalue weighted by atomic mass is 35.5. The van der Waals surface area contributed by atoms with Crippen LogP contribution in [0.4, 0.5) is 0 Å². The Morgan fingerprint density at radius 1 is 1.62 bits per heavy atom. The lowest BCUT2D eigenvalue weighted by Gasteiger charge is -2.01. The number of guanidine groups is 1. The van der Waals surface area contributed by atoms with Crippen LogP contribution in [0.5, 0.6) is 0 Å². The Bertz CT molecular complexity index is 434. The van der Waals surface area contributed by atoms with Gasteiger partial charge in [-0.25, -0.2) is 0 Å². The van der Waals surface area contributed by atoms with Gasteiger partial charge in [-0.05, 0) is 6.92 Å². The van der Waals surface area contributed by atoms with E-state index in [1.807, 2.05) is 6.92 Å². The van der Waals surface area contributed by atoms with Crippen LogP contribution in [0.2, 0.25) is 5.02 Å². The highest BCUT2D eigenvalue weighted by molar-refractivity contribution is 8.13. The average molecular weight is 261 g/mol. The summed E-state index contributed by atoms with van der Waals surface area (Å²) >= 11 is 7.24. The molecule has 0 bridgehead atoms. The lowest BCUT2D eigenvalue weighted by molar-refractivity contribution is 0.728. The van der Waals surface area contributed by atoms with Crippen molar-refractivity contribution in [2.75, 3.05) is 0 Å². The first kappa shape index (κ1) is 12.9. The maximum atomic E-state index is 7.46. The molecule has 0 amide bonds. The smallest absolute Gasteiger partial charge is 0.193 e. The van der Waals surface area contributed by atoms with E-state index < -0.39 is 0 Å². The summed E-state index contributed by atoms with van der Waals surface area (Å²) in [6.07, 6.45) is 0. The second-order valence-corrected chi connectivity index (χ2v) is 4.44. The predicted octanol–water partition coefficient (Wildman–Crippen LogP) is 0.823. The number of aromatic nitrogens is 2. The van der Waals surface area contributed by atoms with Crippen LogP contribution in [-0.2, 0) is 12.8 Å². The van der Waals surface area contributed by atoms with Crippen LogP contribution >= 0.6 is 23.4 Å². The molecule has 1 aromatic heterocycles. The monoisotopic (exact) mass is 260 g/mol. The fraction of sp³-hybridized carbons (Fsp3) is 0.375. The van der Waals surface area contributed by atoms with Gasteiger partial charge in [0.25, 0.3) is 0 Å². The number of aliphatic imine (C=N–C) groups is 1. The van der Waals surface area contributed by atoms with Gasteiger partial charge in [-0.3, -0.25) is 10.1 Å². The second-order valence-electron chi connectivity index (χ2n) is 3.10. The molecule has 8 heteroatoms. The van der Waals surface area contributed by atoms with E-state index in [-0.39, 0.29) is 11.1 Å². The number of halogens is 1. The summed E-state index contributed by atoms with van der Waals surface area (Å²) in [6.45, 7) is 1.83. The fourth-order valence-corrected chi connectivity index (χ4v) is 2.20. The molecule has 0 fully saturated rings. The van der Waals surface area contributed by atoms with Crippen molar-refractivity contribution in [1.29, 1.82) is 5.41 Å². The summed E-state index contributed by atoms with van der Waals surface area (Å²) in [6, 6.07) is 0. The van der Waals surface area contributed by atoms with Crippen molar-refractivity contribution < 1.29 is 0 Å². The van der Waals surface area contributed by atoms with Gasteiger partial charge in [-0.1, -0.05) is 23.4 Å². The predicted molar refractivity (Wildman–Crippen MR) is 67.8 cm³/mol. The molecule has 0 radical (unpaired) electrons. The third kappa shape index (κ3) is 3.14. The lowest BCUT2D eigenvalue weighted by Crippen LogP contribution is -2.23. The minimum Gasteiger partial charge on any atom is -0.370 e. The number of aryl methyl sites for hydroxylation is 2. The van der Waals surface area contributed by atoms with Crippen LogP contribution in [0, 0.1) is 12.3 Å². The summed E-state index contributed by atoms with van der Waals surface area (Å²) in [5.41, 5.74) is 11.9. The van der Waals surface area contributed by atoms with Gasteiger partial charge in [0.05, 0.1) is 16.4 Å². The molecule has 16 heavy (non-hydrogen) atoms. The zero-order chi connectivity index (χ0) is 12.3. The Kier molecular flexibility index (Phi) is 4.19. The number of thioether (sulfide) groups is 1.